The smallest absolute Gasteiger partial charge is 0.421 e. The topological polar surface area (TPSA) is 72.9 Å². The van der Waals surface area contributed by atoms with E-state index < -0.39 is 29.0 Å². The number of rotatable bonds is 6. The van der Waals surface area contributed by atoms with Crippen LogP contribution in [0.1, 0.15) is 46.1 Å². The first-order valence-corrected chi connectivity index (χ1v) is 9.27. The van der Waals surface area contributed by atoms with Crippen molar-refractivity contribution in [3.05, 3.63) is 54.6 Å². The third-order valence-electron chi connectivity index (χ3n) is 4.35. The molecule has 0 radical (unpaired) electrons. The number of carbonyl (C=O) groups excluding carboxylic acids is 3. The molecule has 0 N–H and O–H groups in total. The Balaban J connectivity index is 2.45. The van der Waals surface area contributed by atoms with E-state index in [0.717, 1.165) is 4.90 Å². The van der Waals surface area contributed by atoms with Crippen LogP contribution in [0.2, 0.25) is 0 Å². The molecule has 2 amide bonds. The molecule has 0 bridgehead atoms. The number of esters is 1. The van der Waals surface area contributed by atoms with Crippen LogP contribution in [-0.4, -0.2) is 30.2 Å². The predicted molar refractivity (Wildman–Crippen MR) is 107 cm³/mol. The van der Waals surface area contributed by atoms with Crippen molar-refractivity contribution in [1.82, 2.24) is 0 Å². The summed E-state index contributed by atoms with van der Waals surface area (Å²) in [7, 11) is 0. The van der Waals surface area contributed by atoms with Crippen molar-refractivity contribution in [2.45, 2.75) is 51.6 Å². The lowest BCUT2D eigenvalue weighted by molar-refractivity contribution is -0.137. The molecule has 0 saturated carbocycles. The molecule has 1 aromatic rings. The highest BCUT2D eigenvalue weighted by Gasteiger charge is 2.52. The summed E-state index contributed by atoms with van der Waals surface area (Å²) in [6.45, 7) is 11.0. The highest BCUT2D eigenvalue weighted by Crippen LogP contribution is 2.47. The van der Waals surface area contributed by atoms with Crippen LogP contribution in [0, 0.1) is 0 Å². The Hall–Kier alpha value is -2.89. The Morgan fingerprint density at radius 3 is 2.50 bits per heavy atom. The monoisotopic (exact) mass is 385 g/mol. The zero-order valence-corrected chi connectivity index (χ0v) is 16.9. The fraction of sp³-hybridized carbons (Fsp3) is 0.409. The molecule has 6 heteroatoms. The van der Waals surface area contributed by atoms with Gasteiger partial charge in [-0.25, -0.2) is 14.5 Å². The van der Waals surface area contributed by atoms with Gasteiger partial charge in [0.15, 0.2) is 0 Å². The first-order valence-electron chi connectivity index (χ1n) is 9.27. The quantitative estimate of drug-likeness (QED) is 0.415. The maximum absolute atomic E-state index is 13.4. The third-order valence-corrected chi connectivity index (χ3v) is 4.35. The highest BCUT2D eigenvalue weighted by molar-refractivity contribution is 6.21. The Bertz CT molecular complexity index is 805. The summed E-state index contributed by atoms with van der Waals surface area (Å²) in [5.74, 6) is -0.865. The van der Waals surface area contributed by atoms with E-state index in [-0.39, 0.29) is 13.0 Å². The van der Waals surface area contributed by atoms with Gasteiger partial charge >= 0.3 is 12.1 Å². The Morgan fingerprint density at radius 1 is 1.21 bits per heavy atom. The molecule has 0 aliphatic carbocycles. The SMILES string of the molecule is C=CC[C@@]1(C/C=C\C(=O)OCC)C(=O)N(C(=O)OC(C)(C)C)c2ccccc21. The molecule has 0 spiro atoms. The zero-order valence-electron chi connectivity index (χ0n) is 16.9. The molecule has 0 unspecified atom stereocenters. The molecule has 1 atom stereocenters. The van der Waals surface area contributed by atoms with Crippen molar-refractivity contribution >= 4 is 23.7 Å². The van der Waals surface area contributed by atoms with Gasteiger partial charge in [0.05, 0.1) is 17.7 Å². The fourth-order valence-corrected chi connectivity index (χ4v) is 3.27. The maximum Gasteiger partial charge on any atom is 0.421 e. The molecule has 1 aliphatic heterocycles. The minimum atomic E-state index is -1.03. The number of imide groups is 1. The first-order chi connectivity index (χ1) is 13.2. The third kappa shape index (κ3) is 4.32. The number of amides is 2. The van der Waals surface area contributed by atoms with Crippen LogP contribution in [-0.2, 0) is 24.5 Å². The van der Waals surface area contributed by atoms with E-state index in [0.29, 0.717) is 17.7 Å². The number of nitrogens with zero attached hydrogens (tertiary/aromatic N) is 1. The second kappa shape index (κ2) is 8.42. The highest BCUT2D eigenvalue weighted by atomic mass is 16.6. The van der Waals surface area contributed by atoms with E-state index in [4.69, 9.17) is 9.47 Å². The van der Waals surface area contributed by atoms with Gasteiger partial charge in [0.2, 0.25) is 5.91 Å². The van der Waals surface area contributed by atoms with Crippen molar-refractivity contribution in [3.8, 4) is 0 Å². The van der Waals surface area contributed by atoms with Gasteiger partial charge in [-0.05, 0) is 52.2 Å². The molecule has 0 fully saturated rings. The lowest BCUT2D eigenvalue weighted by Gasteiger charge is -2.27. The number of benzene rings is 1. The summed E-state index contributed by atoms with van der Waals surface area (Å²) >= 11 is 0. The van der Waals surface area contributed by atoms with E-state index in [1.165, 1.54) is 6.08 Å². The minimum Gasteiger partial charge on any atom is -0.463 e. The summed E-state index contributed by atoms with van der Waals surface area (Å²) < 4.78 is 10.3. The van der Waals surface area contributed by atoms with Crippen LogP contribution in [0.5, 0.6) is 0 Å². The van der Waals surface area contributed by atoms with Gasteiger partial charge in [0, 0.05) is 6.08 Å². The van der Waals surface area contributed by atoms with Crippen LogP contribution in [0.25, 0.3) is 0 Å². The zero-order chi connectivity index (χ0) is 20.9. The van der Waals surface area contributed by atoms with Crippen molar-refractivity contribution in [2.75, 3.05) is 11.5 Å². The van der Waals surface area contributed by atoms with E-state index >= 15 is 0 Å². The Labute approximate surface area is 165 Å². The Morgan fingerprint density at radius 2 is 1.89 bits per heavy atom. The number of hydrogen-bond donors (Lipinski definition) is 0. The molecule has 150 valence electrons. The number of hydrogen-bond acceptors (Lipinski definition) is 5. The van der Waals surface area contributed by atoms with Crippen molar-refractivity contribution < 1.29 is 23.9 Å². The van der Waals surface area contributed by atoms with Gasteiger partial charge < -0.3 is 9.47 Å². The predicted octanol–water partition coefficient (Wildman–Crippen LogP) is 4.29. The second-order valence-electron chi connectivity index (χ2n) is 7.57. The first kappa shape index (κ1) is 21.4. The van der Waals surface area contributed by atoms with Crippen LogP contribution < -0.4 is 4.90 Å². The van der Waals surface area contributed by atoms with E-state index in [9.17, 15) is 14.4 Å². The van der Waals surface area contributed by atoms with Crippen LogP contribution in [0.3, 0.4) is 0 Å². The van der Waals surface area contributed by atoms with Gasteiger partial charge in [-0.2, -0.15) is 0 Å². The molecular formula is C22H27NO5. The van der Waals surface area contributed by atoms with E-state index in [1.807, 2.05) is 12.1 Å². The lowest BCUT2D eigenvalue weighted by Crippen LogP contribution is -2.45. The Kier molecular flexibility index (Phi) is 6.44. The van der Waals surface area contributed by atoms with Gasteiger partial charge in [-0.3, -0.25) is 4.79 Å². The summed E-state index contributed by atoms with van der Waals surface area (Å²) in [5.41, 5.74) is -0.565. The summed E-state index contributed by atoms with van der Waals surface area (Å²) in [6, 6.07) is 7.12. The summed E-state index contributed by atoms with van der Waals surface area (Å²) in [5, 5.41) is 0. The van der Waals surface area contributed by atoms with Crippen molar-refractivity contribution in [3.63, 3.8) is 0 Å². The summed E-state index contributed by atoms with van der Waals surface area (Å²) in [4.78, 5) is 38.9. The molecule has 6 nitrogen and oxygen atoms in total. The fourth-order valence-electron chi connectivity index (χ4n) is 3.27. The molecule has 0 aromatic heterocycles. The van der Waals surface area contributed by atoms with Crippen LogP contribution >= 0.6 is 0 Å². The second-order valence-corrected chi connectivity index (χ2v) is 7.57. The van der Waals surface area contributed by atoms with Crippen molar-refractivity contribution in [2.24, 2.45) is 0 Å². The number of ether oxygens (including phenoxy) is 2. The van der Waals surface area contributed by atoms with Gasteiger partial charge in [-0.1, -0.05) is 30.4 Å². The largest absolute Gasteiger partial charge is 0.463 e. The van der Waals surface area contributed by atoms with E-state index in [1.54, 1.807) is 52.0 Å². The van der Waals surface area contributed by atoms with Crippen LogP contribution in [0.15, 0.2) is 49.1 Å². The molecule has 2 rings (SSSR count). The normalized spacial score (nSPS) is 18.9. The van der Waals surface area contributed by atoms with Gasteiger partial charge in [-0.15, -0.1) is 6.58 Å². The number of carbonyl (C=O) groups is 3. The number of allylic oxidation sites excluding steroid dienone is 2. The van der Waals surface area contributed by atoms with Crippen LogP contribution in [0.4, 0.5) is 10.5 Å². The lowest BCUT2D eigenvalue weighted by atomic mass is 9.75. The van der Waals surface area contributed by atoms with E-state index in [2.05, 4.69) is 6.58 Å². The molecule has 1 heterocycles. The molecule has 1 aliphatic rings. The standard InChI is InChI=1S/C22H27NO5/c1-6-14-22(15-10-13-18(24)27-7-2)16-11-8-9-12-17(16)23(19(22)25)20(26)28-21(3,4)5/h6,8-13H,1,7,14-15H2,2-5H3/b13-10-/t22-/m0/s1. The van der Waals surface area contributed by atoms with Gasteiger partial charge in [0.1, 0.15) is 5.60 Å². The number of para-hydroxylation sites is 1. The minimum absolute atomic E-state index is 0.229. The number of anilines is 1. The summed E-state index contributed by atoms with van der Waals surface area (Å²) in [6.07, 6.45) is 4.38. The molecule has 0 saturated heterocycles. The number of fused-ring (bicyclic) bond motifs is 1. The average molecular weight is 385 g/mol. The average Bonchev–Trinajstić information content (AvgIpc) is 2.83. The molecular weight excluding hydrogens is 358 g/mol. The van der Waals surface area contributed by atoms with Gasteiger partial charge in [0.25, 0.3) is 0 Å². The maximum atomic E-state index is 13.4. The van der Waals surface area contributed by atoms with Crippen molar-refractivity contribution in [1.29, 1.82) is 0 Å². The molecule has 28 heavy (non-hydrogen) atoms. The molecule has 1 aromatic carbocycles.